The molecule has 1 atom stereocenters. The number of imidazole rings is 1. The zero-order valence-electron chi connectivity index (χ0n) is 6.68. The third-order valence-corrected chi connectivity index (χ3v) is 1.77. The highest BCUT2D eigenvalue weighted by Gasteiger charge is 2.06. The molecule has 0 radical (unpaired) electrons. The van der Waals surface area contributed by atoms with Gasteiger partial charge in [-0.3, -0.25) is 9.38 Å². The first-order valence-electron chi connectivity index (χ1n) is 3.74. The molecule has 0 saturated carbocycles. The first kappa shape index (κ1) is 7.24. The Bertz CT molecular complexity index is 394. The molecule has 4 heteroatoms. The quantitative estimate of drug-likeness (QED) is 0.676. The summed E-state index contributed by atoms with van der Waals surface area (Å²) in [6, 6.07) is 0. The van der Waals surface area contributed by atoms with Crippen molar-refractivity contribution in [3.8, 4) is 0 Å². The van der Waals surface area contributed by atoms with E-state index in [1.54, 1.807) is 31.7 Å². The summed E-state index contributed by atoms with van der Waals surface area (Å²) in [5.41, 5.74) is 1.54. The maximum Gasteiger partial charge on any atom is 0.155 e. The molecule has 0 fully saturated rings. The van der Waals surface area contributed by atoms with Crippen molar-refractivity contribution in [1.82, 2.24) is 14.4 Å². The molecule has 0 unspecified atom stereocenters. The van der Waals surface area contributed by atoms with Crippen LogP contribution in [0.25, 0.3) is 5.65 Å². The van der Waals surface area contributed by atoms with E-state index in [2.05, 4.69) is 9.97 Å². The van der Waals surface area contributed by atoms with Gasteiger partial charge in [-0.25, -0.2) is 4.98 Å². The van der Waals surface area contributed by atoms with Gasteiger partial charge >= 0.3 is 0 Å². The van der Waals surface area contributed by atoms with Crippen LogP contribution in [0.2, 0.25) is 0 Å². The molecule has 2 rings (SSSR count). The van der Waals surface area contributed by atoms with E-state index in [4.69, 9.17) is 0 Å². The Labute approximate surface area is 69.5 Å². The first-order valence-corrected chi connectivity index (χ1v) is 3.74. The van der Waals surface area contributed by atoms with E-state index in [0.29, 0.717) is 0 Å². The number of fused-ring (bicyclic) bond motifs is 1. The average Bonchev–Trinajstić information content (AvgIpc) is 2.47. The van der Waals surface area contributed by atoms with E-state index < -0.39 is 6.10 Å². The number of aliphatic hydroxyl groups excluding tert-OH is 1. The normalized spacial score (nSPS) is 13.5. The molecule has 0 aliphatic heterocycles. The highest BCUT2D eigenvalue weighted by atomic mass is 16.3. The average molecular weight is 163 g/mol. The molecule has 2 aromatic heterocycles. The molecule has 0 aliphatic carbocycles. The van der Waals surface area contributed by atoms with Crippen molar-refractivity contribution in [2.45, 2.75) is 13.0 Å². The van der Waals surface area contributed by atoms with E-state index in [1.165, 1.54) is 0 Å². The molecule has 0 spiro atoms. The second-order valence-electron chi connectivity index (χ2n) is 2.66. The fourth-order valence-corrected chi connectivity index (χ4v) is 1.17. The molecule has 2 aromatic rings. The van der Waals surface area contributed by atoms with Crippen molar-refractivity contribution in [3.63, 3.8) is 0 Å². The topological polar surface area (TPSA) is 50.4 Å². The van der Waals surface area contributed by atoms with Crippen LogP contribution in [0.1, 0.15) is 18.7 Å². The van der Waals surface area contributed by atoms with E-state index in [9.17, 15) is 5.11 Å². The van der Waals surface area contributed by atoms with Crippen LogP contribution in [0.5, 0.6) is 0 Å². The van der Waals surface area contributed by atoms with Crippen LogP contribution in [0, 0.1) is 0 Å². The molecule has 0 amide bonds. The first-order chi connectivity index (χ1) is 5.79. The van der Waals surface area contributed by atoms with Gasteiger partial charge < -0.3 is 5.11 Å². The highest BCUT2D eigenvalue weighted by Crippen LogP contribution is 2.12. The lowest BCUT2D eigenvalue weighted by Gasteiger charge is -2.02. The third kappa shape index (κ3) is 0.967. The standard InChI is InChI=1S/C8H9N3O/c1-6(12)7-4-10-8-5-9-2-3-11(7)8/h2-6,12H,1H3/t6-/m0/s1. The summed E-state index contributed by atoms with van der Waals surface area (Å²) in [4.78, 5) is 8.00. The zero-order chi connectivity index (χ0) is 8.55. The predicted octanol–water partition coefficient (Wildman–Crippen LogP) is 0.783. The smallest absolute Gasteiger partial charge is 0.155 e. The molecule has 2 heterocycles. The monoisotopic (exact) mass is 163 g/mol. The van der Waals surface area contributed by atoms with Gasteiger partial charge in [-0.2, -0.15) is 0 Å². The molecule has 0 bridgehead atoms. The predicted molar refractivity (Wildman–Crippen MR) is 43.6 cm³/mol. The Hall–Kier alpha value is -1.42. The summed E-state index contributed by atoms with van der Waals surface area (Å²) in [6.07, 6.45) is 6.26. The number of hydrogen-bond donors (Lipinski definition) is 1. The lowest BCUT2D eigenvalue weighted by Crippen LogP contribution is -1.96. The van der Waals surface area contributed by atoms with Crippen molar-refractivity contribution in [1.29, 1.82) is 0 Å². The minimum absolute atomic E-state index is 0.498. The van der Waals surface area contributed by atoms with Crippen molar-refractivity contribution in [2.24, 2.45) is 0 Å². The van der Waals surface area contributed by atoms with Crippen LogP contribution >= 0.6 is 0 Å². The molecule has 12 heavy (non-hydrogen) atoms. The molecular weight excluding hydrogens is 154 g/mol. The van der Waals surface area contributed by atoms with Gasteiger partial charge in [-0.05, 0) is 6.92 Å². The maximum absolute atomic E-state index is 9.33. The highest BCUT2D eigenvalue weighted by molar-refractivity contribution is 5.37. The SMILES string of the molecule is C[C@H](O)c1cnc2cnccn12. The largest absolute Gasteiger partial charge is 0.387 e. The fraction of sp³-hybridized carbons (Fsp3) is 0.250. The van der Waals surface area contributed by atoms with Gasteiger partial charge in [-0.1, -0.05) is 0 Å². The number of nitrogens with zero attached hydrogens (tertiary/aromatic N) is 3. The Morgan fingerprint density at radius 1 is 1.50 bits per heavy atom. The summed E-state index contributed by atoms with van der Waals surface area (Å²) >= 11 is 0. The number of aliphatic hydroxyl groups is 1. The molecule has 1 N–H and O–H groups in total. The second kappa shape index (κ2) is 2.57. The Kier molecular flexibility index (Phi) is 1.55. The second-order valence-corrected chi connectivity index (χ2v) is 2.66. The van der Waals surface area contributed by atoms with E-state index in [-0.39, 0.29) is 0 Å². The Morgan fingerprint density at radius 3 is 3.08 bits per heavy atom. The lowest BCUT2D eigenvalue weighted by atomic mass is 10.3. The third-order valence-electron chi connectivity index (χ3n) is 1.77. The van der Waals surface area contributed by atoms with Crippen LogP contribution in [0.3, 0.4) is 0 Å². The summed E-state index contributed by atoms with van der Waals surface area (Å²) in [5, 5.41) is 9.33. The van der Waals surface area contributed by atoms with Gasteiger partial charge in [0.1, 0.15) is 0 Å². The maximum atomic E-state index is 9.33. The van der Waals surface area contributed by atoms with Gasteiger partial charge in [0.25, 0.3) is 0 Å². The van der Waals surface area contributed by atoms with Crippen molar-refractivity contribution in [3.05, 3.63) is 30.5 Å². The minimum atomic E-state index is -0.498. The van der Waals surface area contributed by atoms with Crippen molar-refractivity contribution < 1.29 is 5.11 Å². The van der Waals surface area contributed by atoms with Gasteiger partial charge in [0, 0.05) is 12.4 Å². The fourth-order valence-electron chi connectivity index (χ4n) is 1.17. The van der Waals surface area contributed by atoms with Crippen LogP contribution in [-0.4, -0.2) is 19.5 Å². The molecule has 0 aliphatic rings. The zero-order valence-corrected chi connectivity index (χ0v) is 6.68. The van der Waals surface area contributed by atoms with Crippen LogP contribution in [0.4, 0.5) is 0 Å². The van der Waals surface area contributed by atoms with E-state index >= 15 is 0 Å². The summed E-state index contributed by atoms with van der Waals surface area (Å²) in [5.74, 6) is 0. The summed E-state index contributed by atoms with van der Waals surface area (Å²) < 4.78 is 1.82. The van der Waals surface area contributed by atoms with E-state index in [0.717, 1.165) is 11.3 Å². The molecular formula is C8H9N3O. The van der Waals surface area contributed by atoms with Gasteiger partial charge in [0.05, 0.1) is 24.2 Å². The van der Waals surface area contributed by atoms with Gasteiger partial charge in [-0.15, -0.1) is 0 Å². The minimum Gasteiger partial charge on any atom is -0.387 e. The molecule has 0 saturated heterocycles. The van der Waals surface area contributed by atoms with Crippen molar-refractivity contribution >= 4 is 5.65 Å². The molecule has 62 valence electrons. The van der Waals surface area contributed by atoms with Crippen LogP contribution < -0.4 is 0 Å². The van der Waals surface area contributed by atoms with Gasteiger partial charge in [0.2, 0.25) is 0 Å². The summed E-state index contributed by atoms with van der Waals surface area (Å²) in [7, 11) is 0. The van der Waals surface area contributed by atoms with Crippen LogP contribution in [0.15, 0.2) is 24.8 Å². The number of aromatic nitrogens is 3. The summed E-state index contributed by atoms with van der Waals surface area (Å²) in [6.45, 7) is 1.71. The molecule has 4 nitrogen and oxygen atoms in total. The number of rotatable bonds is 1. The van der Waals surface area contributed by atoms with E-state index in [1.807, 2.05) is 4.40 Å². The Balaban J connectivity index is 2.70. The number of hydrogen-bond acceptors (Lipinski definition) is 3. The molecule has 0 aromatic carbocycles. The Morgan fingerprint density at radius 2 is 2.33 bits per heavy atom. The van der Waals surface area contributed by atoms with Crippen LogP contribution in [-0.2, 0) is 0 Å². The van der Waals surface area contributed by atoms with Crippen molar-refractivity contribution in [2.75, 3.05) is 0 Å². The lowest BCUT2D eigenvalue weighted by molar-refractivity contribution is 0.193. The van der Waals surface area contributed by atoms with Gasteiger partial charge in [0.15, 0.2) is 5.65 Å².